The van der Waals surface area contributed by atoms with Crippen LogP contribution in [0.2, 0.25) is 0 Å². The highest BCUT2D eigenvalue weighted by molar-refractivity contribution is 7.11. The van der Waals surface area contributed by atoms with E-state index in [9.17, 15) is 4.79 Å². The molecule has 1 aliphatic heterocycles. The van der Waals surface area contributed by atoms with Crippen LogP contribution in [0.15, 0.2) is 24.4 Å². The quantitative estimate of drug-likeness (QED) is 0.941. The van der Waals surface area contributed by atoms with Crippen molar-refractivity contribution in [3.8, 4) is 11.5 Å². The number of aryl methyl sites for hydroxylation is 1. The topological polar surface area (TPSA) is 60.5 Å². The molecule has 2 aromatic rings. The van der Waals surface area contributed by atoms with E-state index in [1.165, 1.54) is 0 Å². The van der Waals surface area contributed by atoms with Crippen molar-refractivity contribution < 1.29 is 14.3 Å². The zero-order valence-corrected chi connectivity index (χ0v) is 11.8. The van der Waals surface area contributed by atoms with Crippen molar-refractivity contribution >= 4 is 17.2 Å². The van der Waals surface area contributed by atoms with Crippen molar-refractivity contribution in [2.75, 3.05) is 13.2 Å². The van der Waals surface area contributed by atoms with E-state index in [1.807, 2.05) is 6.92 Å². The van der Waals surface area contributed by atoms with E-state index >= 15 is 0 Å². The van der Waals surface area contributed by atoms with Crippen molar-refractivity contribution in [1.29, 1.82) is 0 Å². The zero-order valence-electron chi connectivity index (χ0n) is 11.0. The third-order valence-corrected chi connectivity index (χ3v) is 3.81. The lowest BCUT2D eigenvalue weighted by Gasteiger charge is -2.18. The van der Waals surface area contributed by atoms with Gasteiger partial charge in [-0.2, -0.15) is 0 Å². The minimum Gasteiger partial charge on any atom is -0.486 e. The Hall–Kier alpha value is -2.08. The number of carbonyl (C=O) groups excluding carboxylic acids is 1. The van der Waals surface area contributed by atoms with Crippen molar-refractivity contribution in [3.05, 3.63) is 39.8 Å². The molecule has 0 fully saturated rings. The second-order valence-electron chi connectivity index (χ2n) is 4.39. The molecule has 0 radical (unpaired) electrons. The highest BCUT2D eigenvalue weighted by Gasteiger charge is 2.14. The van der Waals surface area contributed by atoms with E-state index < -0.39 is 0 Å². The lowest BCUT2D eigenvalue weighted by atomic mass is 10.2. The number of ether oxygens (including phenoxy) is 2. The molecule has 1 aliphatic rings. The van der Waals surface area contributed by atoms with Crippen LogP contribution in [0.3, 0.4) is 0 Å². The second-order valence-corrected chi connectivity index (χ2v) is 5.71. The van der Waals surface area contributed by atoms with Crippen LogP contribution in [0.5, 0.6) is 11.5 Å². The molecule has 0 spiro atoms. The monoisotopic (exact) mass is 290 g/mol. The van der Waals surface area contributed by atoms with Crippen LogP contribution in [-0.4, -0.2) is 24.1 Å². The number of hydrogen-bond donors (Lipinski definition) is 1. The number of nitrogens with zero attached hydrogens (tertiary/aromatic N) is 1. The molecule has 20 heavy (non-hydrogen) atoms. The Morgan fingerprint density at radius 2 is 2.15 bits per heavy atom. The zero-order chi connectivity index (χ0) is 13.9. The summed E-state index contributed by atoms with van der Waals surface area (Å²) in [5.41, 5.74) is 0.565. The molecule has 3 rings (SSSR count). The highest BCUT2D eigenvalue weighted by atomic mass is 32.1. The molecule has 0 atom stereocenters. The van der Waals surface area contributed by atoms with Crippen molar-refractivity contribution in [2.24, 2.45) is 0 Å². The van der Waals surface area contributed by atoms with Gasteiger partial charge in [0, 0.05) is 16.6 Å². The summed E-state index contributed by atoms with van der Waals surface area (Å²) < 4.78 is 10.9. The molecule has 0 unspecified atom stereocenters. The van der Waals surface area contributed by atoms with E-state index in [1.54, 1.807) is 35.7 Å². The van der Waals surface area contributed by atoms with Gasteiger partial charge in [-0.3, -0.25) is 4.79 Å². The minimum atomic E-state index is -0.131. The molecule has 6 heteroatoms. The fourth-order valence-corrected chi connectivity index (χ4v) is 2.68. The number of benzene rings is 1. The first-order valence-electron chi connectivity index (χ1n) is 6.31. The number of hydrogen-bond acceptors (Lipinski definition) is 5. The normalized spacial score (nSPS) is 13.1. The first kappa shape index (κ1) is 12.9. The van der Waals surface area contributed by atoms with Gasteiger partial charge in [-0.15, -0.1) is 11.3 Å². The third kappa shape index (κ3) is 2.75. The Morgan fingerprint density at radius 1 is 1.35 bits per heavy atom. The van der Waals surface area contributed by atoms with E-state index in [-0.39, 0.29) is 5.91 Å². The molecule has 0 bridgehead atoms. The molecule has 1 aromatic carbocycles. The lowest BCUT2D eigenvalue weighted by molar-refractivity contribution is 0.0950. The van der Waals surface area contributed by atoms with Crippen molar-refractivity contribution in [3.63, 3.8) is 0 Å². The standard InChI is InChI=1S/C14H14N2O3S/c1-9-15-7-11(20-9)8-16-14(17)10-2-3-12-13(6-10)19-5-4-18-12/h2-3,6-7H,4-5,8H2,1H3,(H,16,17). The molecule has 2 heterocycles. The molecule has 0 saturated carbocycles. The van der Waals surface area contributed by atoms with Gasteiger partial charge in [-0.25, -0.2) is 4.98 Å². The van der Waals surface area contributed by atoms with Gasteiger partial charge in [-0.05, 0) is 25.1 Å². The number of amides is 1. The summed E-state index contributed by atoms with van der Waals surface area (Å²) in [5, 5.41) is 3.86. The summed E-state index contributed by atoms with van der Waals surface area (Å²) >= 11 is 1.58. The molecule has 0 saturated heterocycles. The van der Waals surface area contributed by atoms with Crippen LogP contribution < -0.4 is 14.8 Å². The van der Waals surface area contributed by atoms with Gasteiger partial charge in [-0.1, -0.05) is 0 Å². The van der Waals surface area contributed by atoms with Gasteiger partial charge in [0.15, 0.2) is 11.5 Å². The van der Waals surface area contributed by atoms with Gasteiger partial charge >= 0.3 is 0 Å². The predicted molar refractivity (Wildman–Crippen MR) is 75.5 cm³/mol. The Kier molecular flexibility index (Phi) is 3.56. The molecular weight excluding hydrogens is 276 g/mol. The van der Waals surface area contributed by atoms with Crippen LogP contribution in [-0.2, 0) is 6.54 Å². The average molecular weight is 290 g/mol. The Bertz CT molecular complexity index is 639. The van der Waals surface area contributed by atoms with Crippen LogP contribution >= 0.6 is 11.3 Å². The smallest absolute Gasteiger partial charge is 0.251 e. The summed E-state index contributed by atoms with van der Waals surface area (Å²) in [6.45, 7) is 3.48. The van der Waals surface area contributed by atoms with Gasteiger partial charge in [0.1, 0.15) is 13.2 Å². The summed E-state index contributed by atoms with van der Waals surface area (Å²) in [5.74, 6) is 1.18. The third-order valence-electron chi connectivity index (χ3n) is 2.90. The Morgan fingerprint density at radius 3 is 2.90 bits per heavy atom. The van der Waals surface area contributed by atoms with E-state index in [4.69, 9.17) is 9.47 Å². The number of carbonyl (C=O) groups is 1. The molecule has 1 N–H and O–H groups in total. The number of rotatable bonds is 3. The van der Waals surface area contributed by atoms with Gasteiger partial charge in [0.05, 0.1) is 11.6 Å². The maximum Gasteiger partial charge on any atom is 0.251 e. The maximum absolute atomic E-state index is 12.1. The van der Waals surface area contributed by atoms with Crippen LogP contribution in [0.1, 0.15) is 20.2 Å². The molecule has 1 amide bonds. The number of fused-ring (bicyclic) bond motifs is 1. The number of nitrogens with one attached hydrogen (secondary N) is 1. The fraction of sp³-hybridized carbons (Fsp3) is 0.286. The van der Waals surface area contributed by atoms with E-state index in [0.29, 0.717) is 36.8 Å². The molecule has 104 valence electrons. The van der Waals surface area contributed by atoms with Crippen LogP contribution in [0.25, 0.3) is 0 Å². The van der Waals surface area contributed by atoms with Gasteiger partial charge in [0.25, 0.3) is 5.91 Å². The molecule has 0 aliphatic carbocycles. The SMILES string of the molecule is Cc1ncc(CNC(=O)c2ccc3c(c2)OCCO3)s1. The van der Waals surface area contributed by atoms with Gasteiger partial charge < -0.3 is 14.8 Å². The first-order valence-corrected chi connectivity index (χ1v) is 7.13. The predicted octanol–water partition coefficient (Wildman–Crippen LogP) is 2.15. The Labute approximate surface area is 120 Å². The average Bonchev–Trinajstić information content (AvgIpc) is 2.90. The lowest BCUT2D eigenvalue weighted by Crippen LogP contribution is -2.23. The summed E-state index contributed by atoms with van der Waals surface area (Å²) in [7, 11) is 0. The summed E-state index contributed by atoms with van der Waals surface area (Å²) in [4.78, 5) is 17.3. The number of aromatic nitrogens is 1. The minimum absolute atomic E-state index is 0.131. The van der Waals surface area contributed by atoms with Crippen LogP contribution in [0, 0.1) is 6.92 Å². The van der Waals surface area contributed by atoms with Crippen molar-refractivity contribution in [1.82, 2.24) is 10.3 Å². The fourth-order valence-electron chi connectivity index (χ4n) is 1.94. The maximum atomic E-state index is 12.1. The second kappa shape index (κ2) is 5.50. The van der Waals surface area contributed by atoms with Crippen molar-refractivity contribution in [2.45, 2.75) is 13.5 Å². The summed E-state index contributed by atoms with van der Waals surface area (Å²) in [6.07, 6.45) is 1.78. The first-order chi connectivity index (χ1) is 9.72. The molecular formula is C14H14N2O3S. The molecule has 1 aromatic heterocycles. The number of thiazole rings is 1. The Balaban J connectivity index is 1.67. The van der Waals surface area contributed by atoms with Gasteiger partial charge in [0.2, 0.25) is 0 Å². The molecule has 5 nitrogen and oxygen atoms in total. The highest BCUT2D eigenvalue weighted by Crippen LogP contribution is 2.30. The van der Waals surface area contributed by atoms with Crippen LogP contribution in [0.4, 0.5) is 0 Å². The van der Waals surface area contributed by atoms with E-state index in [0.717, 1.165) is 9.88 Å². The van der Waals surface area contributed by atoms with E-state index in [2.05, 4.69) is 10.3 Å². The largest absolute Gasteiger partial charge is 0.486 e. The summed E-state index contributed by atoms with van der Waals surface area (Å²) in [6, 6.07) is 5.21.